The molecule has 3 rings (SSSR count). The van der Waals surface area contributed by atoms with Crippen molar-refractivity contribution in [2.24, 2.45) is 0 Å². The second-order valence-corrected chi connectivity index (χ2v) is 8.60. The number of sulfonamides is 1. The summed E-state index contributed by atoms with van der Waals surface area (Å²) in [5, 5.41) is 6.74. The van der Waals surface area contributed by atoms with Crippen molar-refractivity contribution < 1.29 is 30.8 Å². The third kappa shape index (κ3) is 4.65. The number of aromatic nitrogens is 3. The van der Waals surface area contributed by atoms with Gasteiger partial charge in [-0.1, -0.05) is 28.4 Å². The van der Waals surface area contributed by atoms with E-state index >= 15 is 0 Å². The Bertz CT molecular complexity index is 1290. The fraction of sp³-hybridized carbons (Fsp3) is 0.118. The summed E-state index contributed by atoms with van der Waals surface area (Å²) in [6.07, 6.45) is -4.83. The Morgan fingerprint density at radius 2 is 1.81 bits per heavy atom. The van der Waals surface area contributed by atoms with Crippen LogP contribution in [-0.4, -0.2) is 29.3 Å². The minimum atomic E-state index is -4.83. The molecule has 3 aromatic rings. The van der Waals surface area contributed by atoms with Crippen LogP contribution in [0.4, 0.5) is 17.6 Å². The fourth-order valence-electron chi connectivity index (χ4n) is 2.53. The number of benzene rings is 2. The van der Waals surface area contributed by atoms with Crippen LogP contribution in [0.25, 0.3) is 5.69 Å². The van der Waals surface area contributed by atoms with Crippen molar-refractivity contribution >= 4 is 39.1 Å². The number of hydrogen-bond acceptors (Lipinski definition) is 5. The Morgan fingerprint density at radius 3 is 2.42 bits per heavy atom. The van der Waals surface area contributed by atoms with Crippen molar-refractivity contribution in [3.63, 3.8) is 0 Å². The molecule has 0 unspecified atom stereocenters. The highest BCUT2D eigenvalue weighted by atomic mass is 35.5. The van der Waals surface area contributed by atoms with Crippen LogP contribution < -0.4 is 4.72 Å². The number of nitrogens with zero attached hydrogens (tertiary/aromatic N) is 3. The zero-order chi connectivity index (χ0) is 23.1. The highest BCUT2D eigenvalue weighted by molar-refractivity contribution is 7.90. The molecule has 7 nitrogen and oxygen atoms in total. The molecule has 31 heavy (non-hydrogen) atoms. The van der Waals surface area contributed by atoms with Crippen LogP contribution >= 0.6 is 23.2 Å². The predicted octanol–water partition coefficient (Wildman–Crippen LogP) is 4.16. The summed E-state index contributed by atoms with van der Waals surface area (Å²) >= 11 is 11.4. The van der Waals surface area contributed by atoms with Crippen molar-refractivity contribution in [3.05, 3.63) is 69.2 Å². The molecule has 0 atom stereocenters. The lowest BCUT2D eigenvalue weighted by atomic mass is 10.2. The number of rotatable bonds is 4. The molecule has 1 heterocycles. The average molecular weight is 497 g/mol. The number of amides is 1. The van der Waals surface area contributed by atoms with Crippen LogP contribution in [-0.2, 0) is 16.2 Å². The van der Waals surface area contributed by atoms with Crippen molar-refractivity contribution in [2.75, 3.05) is 0 Å². The number of hydrogen-bond donors (Lipinski definition) is 1. The first-order valence-electron chi connectivity index (χ1n) is 8.13. The number of carbonyl (C=O) groups is 1. The summed E-state index contributed by atoms with van der Waals surface area (Å²) in [5.74, 6) is -2.08. The second-order valence-electron chi connectivity index (χ2n) is 6.11. The molecular formula is C17H10Cl2F4N4O3S. The number of carbonyl (C=O) groups excluding carboxylic acids is 1. The maximum atomic E-state index is 14.1. The molecule has 0 saturated heterocycles. The molecule has 14 heteroatoms. The number of halogens is 6. The standard InChI is InChI=1S/C17H10Cl2F4N4O3S/c1-8-15(24-26-27(8)13-5-3-10(18)7-12(13)20)16(28)25-31(29,30)14-6-9(17(21,22)23)2-4-11(14)19/h2-7H,1H3,(H,25,28). The molecule has 0 saturated carbocycles. The summed E-state index contributed by atoms with van der Waals surface area (Å²) in [5.41, 5.74) is -1.92. The van der Waals surface area contributed by atoms with Gasteiger partial charge in [0.25, 0.3) is 15.9 Å². The Morgan fingerprint density at radius 1 is 1.13 bits per heavy atom. The van der Waals surface area contributed by atoms with E-state index in [1.54, 1.807) is 4.72 Å². The second kappa shape index (κ2) is 8.09. The predicted molar refractivity (Wildman–Crippen MR) is 102 cm³/mol. The summed E-state index contributed by atoms with van der Waals surface area (Å²) in [4.78, 5) is 11.5. The topological polar surface area (TPSA) is 93.9 Å². The molecule has 0 spiro atoms. The van der Waals surface area contributed by atoms with Crippen LogP contribution in [0.1, 0.15) is 21.7 Å². The molecule has 0 aliphatic rings. The van der Waals surface area contributed by atoms with E-state index in [2.05, 4.69) is 10.3 Å². The molecule has 164 valence electrons. The van der Waals surface area contributed by atoms with E-state index in [0.29, 0.717) is 12.1 Å². The first kappa shape index (κ1) is 23.0. The van der Waals surface area contributed by atoms with Crippen LogP contribution in [0.5, 0.6) is 0 Å². The van der Waals surface area contributed by atoms with Crippen molar-refractivity contribution in [1.29, 1.82) is 0 Å². The molecule has 0 bridgehead atoms. The highest BCUT2D eigenvalue weighted by Gasteiger charge is 2.33. The molecule has 0 aliphatic heterocycles. The minimum absolute atomic E-state index is 0.0379. The number of nitrogens with one attached hydrogen (secondary N) is 1. The van der Waals surface area contributed by atoms with E-state index in [1.807, 2.05) is 0 Å². The zero-order valence-electron chi connectivity index (χ0n) is 15.2. The summed E-state index contributed by atoms with van der Waals surface area (Å²) in [6, 6.07) is 5.26. The van der Waals surface area contributed by atoms with Gasteiger partial charge in [0.05, 0.1) is 16.3 Å². The van der Waals surface area contributed by atoms with E-state index in [0.717, 1.165) is 16.8 Å². The monoisotopic (exact) mass is 496 g/mol. The van der Waals surface area contributed by atoms with Gasteiger partial charge in [-0.15, -0.1) is 5.10 Å². The van der Waals surface area contributed by atoms with Gasteiger partial charge in [-0.2, -0.15) is 13.2 Å². The molecule has 0 radical (unpaired) electrons. The SMILES string of the molecule is Cc1c(C(=O)NS(=O)(=O)c2cc(C(F)(F)F)ccc2Cl)nnn1-c1ccc(Cl)cc1F. The summed E-state index contributed by atoms with van der Waals surface area (Å²) < 4.78 is 80.3. The molecule has 1 N–H and O–H groups in total. The Hall–Kier alpha value is -2.70. The zero-order valence-corrected chi connectivity index (χ0v) is 17.5. The Kier molecular flexibility index (Phi) is 6.00. The van der Waals surface area contributed by atoms with Crippen LogP contribution in [0.15, 0.2) is 41.3 Å². The van der Waals surface area contributed by atoms with Gasteiger partial charge in [0, 0.05) is 5.02 Å². The van der Waals surface area contributed by atoms with Gasteiger partial charge in [-0.05, 0) is 43.3 Å². The normalized spacial score (nSPS) is 12.1. The smallest absolute Gasteiger partial charge is 0.266 e. The third-order valence-corrected chi connectivity index (χ3v) is 6.07. The van der Waals surface area contributed by atoms with Crippen molar-refractivity contribution in [3.8, 4) is 5.69 Å². The van der Waals surface area contributed by atoms with Gasteiger partial charge in [0.2, 0.25) is 0 Å². The maximum absolute atomic E-state index is 14.1. The van der Waals surface area contributed by atoms with Gasteiger partial charge in [0.15, 0.2) is 5.69 Å². The van der Waals surface area contributed by atoms with Crippen LogP contribution in [0.3, 0.4) is 0 Å². The van der Waals surface area contributed by atoms with E-state index in [-0.39, 0.29) is 16.4 Å². The van der Waals surface area contributed by atoms with Gasteiger partial charge in [-0.25, -0.2) is 22.2 Å². The third-order valence-electron chi connectivity index (χ3n) is 4.02. The van der Waals surface area contributed by atoms with E-state index in [1.165, 1.54) is 19.1 Å². The molecule has 2 aromatic carbocycles. The quantitative estimate of drug-likeness (QED) is 0.547. The fourth-order valence-corrected chi connectivity index (χ4v) is 4.17. The number of alkyl halides is 3. The molecular weight excluding hydrogens is 487 g/mol. The molecule has 0 fully saturated rings. The first-order chi connectivity index (χ1) is 14.3. The van der Waals surface area contributed by atoms with E-state index in [4.69, 9.17) is 23.2 Å². The molecule has 1 amide bonds. The maximum Gasteiger partial charge on any atom is 0.416 e. The largest absolute Gasteiger partial charge is 0.416 e. The molecule has 1 aromatic heterocycles. The summed E-state index contributed by atoms with van der Waals surface area (Å²) in [7, 11) is -4.81. The van der Waals surface area contributed by atoms with E-state index in [9.17, 15) is 30.8 Å². The van der Waals surface area contributed by atoms with Gasteiger partial charge < -0.3 is 0 Å². The minimum Gasteiger partial charge on any atom is -0.266 e. The van der Waals surface area contributed by atoms with Crippen LogP contribution in [0, 0.1) is 12.7 Å². The lowest BCUT2D eigenvalue weighted by molar-refractivity contribution is -0.137. The lowest BCUT2D eigenvalue weighted by Crippen LogP contribution is -2.31. The van der Waals surface area contributed by atoms with Gasteiger partial charge in [0.1, 0.15) is 16.4 Å². The van der Waals surface area contributed by atoms with Crippen LogP contribution in [0.2, 0.25) is 10.0 Å². The van der Waals surface area contributed by atoms with Gasteiger partial charge in [-0.3, -0.25) is 4.79 Å². The Labute approximate surface area is 182 Å². The Balaban J connectivity index is 1.94. The van der Waals surface area contributed by atoms with Crippen molar-refractivity contribution in [2.45, 2.75) is 18.0 Å². The van der Waals surface area contributed by atoms with E-state index < -0.39 is 49.1 Å². The molecule has 0 aliphatic carbocycles. The van der Waals surface area contributed by atoms with Crippen molar-refractivity contribution in [1.82, 2.24) is 19.7 Å². The highest BCUT2D eigenvalue weighted by Crippen LogP contribution is 2.33. The lowest BCUT2D eigenvalue weighted by Gasteiger charge is -2.11. The van der Waals surface area contributed by atoms with Gasteiger partial charge >= 0.3 is 6.18 Å². The average Bonchev–Trinajstić information content (AvgIpc) is 3.02. The summed E-state index contributed by atoms with van der Waals surface area (Å²) in [6.45, 7) is 1.31. The first-order valence-corrected chi connectivity index (χ1v) is 10.4.